The Hall–Kier alpha value is -2.79. The second-order valence-electron chi connectivity index (χ2n) is 6.66. The van der Waals surface area contributed by atoms with Gasteiger partial charge >= 0.3 is 18.0 Å². The van der Waals surface area contributed by atoms with Crippen molar-refractivity contribution in [3.63, 3.8) is 0 Å². The molecule has 0 unspecified atom stereocenters. The highest BCUT2D eigenvalue weighted by Crippen LogP contribution is 2.37. The monoisotopic (exact) mass is 422 g/mol. The number of alkyl halides is 6. The van der Waals surface area contributed by atoms with E-state index in [1.807, 2.05) is 5.32 Å². The Labute approximate surface area is 160 Å². The largest absolute Gasteiger partial charge is 0.416 e. The number of anilines is 1. The molecule has 0 saturated heterocycles. The van der Waals surface area contributed by atoms with Crippen LogP contribution >= 0.6 is 0 Å². The van der Waals surface area contributed by atoms with Gasteiger partial charge in [0.1, 0.15) is 12.4 Å². The normalized spacial score (nSPS) is 15.0. The summed E-state index contributed by atoms with van der Waals surface area (Å²) in [5.74, 6) is -0.466. The molecule has 1 aromatic carbocycles. The molecule has 0 aliphatic carbocycles. The molecule has 6 nitrogen and oxygen atoms in total. The van der Waals surface area contributed by atoms with Crippen LogP contribution in [0.2, 0.25) is 0 Å². The molecule has 3 rings (SSSR count). The van der Waals surface area contributed by atoms with Crippen molar-refractivity contribution in [3.05, 3.63) is 45.6 Å². The van der Waals surface area contributed by atoms with E-state index in [1.165, 1.54) is 4.57 Å². The lowest BCUT2D eigenvalue weighted by Crippen LogP contribution is -2.30. The fourth-order valence-corrected chi connectivity index (χ4v) is 3.09. The first kappa shape index (κ1) is 20.9. The molecule has 1 aliphatic heterocycles. The molecule has 0 spiro atoms. The number of aryl methyl sites for hydroxylation is 1. The van der Waals surface area contributed by atoms with Crippen molar-refractivity contribution >= 4 is 11.6 Å². The number of carbonyl (C=O) groups is 1. The van der Waals surface area contributed by atoms with E-state index in [9.17, 15) is 35.9 Å². The van der Waals surface area contributed by atoms with Crippen molar-refractivity contribution in [1.29, 1.82) is 0 Å². The minimum Gasteiger partial charge on any atom is -0.324 e. The quantitative estimate of drug-likeness (QED) is 0.771. The van der Waals surface area contributed by atoms with Crippen molar-refractivity contribution in [2.24, 2.45) is 0 Å². The van der Waals surface area contributed by atoms with Crippen LogP contribution in [0.5, 0.6) is 0 Å². The van der Waals surface area contributed by atoms with Crippen LogP contribution in [0.3, 0.4) is 0 Å². The van der Waals surface area contributed by atoms with E-state index in [0.717, 1.165) is 23.9 Å². The molecule has 158 valence electrons. The molecule has 1 N–H and O–H groups in total. The van der Waals surface area contributed by atoms with Crippen LogP contribution in [0.15, 0.2) is 23.0 Å². The third-order valence-corrected chi connectivity index (χ3v) is 4.45. The third-order valence-electron chi connectivity index (χ3n) is 4.45. The third kappa shape index (κ3) is 4.80. The van der Waals surface area contributed by atoms with Gasteiger partial charge in [0.25, 0.3) is 0 Å². The summed E-state index contributed by atoms with van der Waals surface area (Å²) >= 11 is 0. The van der Waals surface area contributed by atoms with Gasteiger partial charge in [-0.15, -0.1) is 0 Å². The average molecular weight is 422 g/mol. The molecular weight excluding hydrogens is 406 g/mol. The van der Waals surface area contributed by atoms with Gasteiger partial charge in [-0.05, 0) is 31.0 Å². The van der Waals surface area contributed by atoms with E-state index >= 15 is 0 Å². The molecule has 2 heterocycles. The molecule has 1 aliphatic rings. The summed E-state index contributed by atoms with van der Waals surface area (Å²) in [4.78, 5) is 24.5. The van der Waals surface area contributed by atoms with Crippen molar-refractivity contribution in [2.75, 3.05) is 5.32 Å². The minimum absolute atomic E-state index is 0.0351. The van der Waals surface area contributed by atoms with Crippen LogP contribution in [-0.4, -0.2) is 20.3 Å². The predicted octanol–water partition coefficient (Wildman–Crippen LogP) is 3.45. The Morgan fingerprint density at radius 2 is 1.62 bits per heavy atom. The summed E-state index contributed by atoms with van der Waals surface area (Å²) in [6, 6.07) is 0.767. The number of aromatic nitrogens is 3. The van der Waals surface area contributed by atoms with Gasteiger partial charge in [-0.1, -0.05) is 6.42 Å². The van der Waals surface area contributed by atoms with Gasteiger partial charge in [-0.3, -0.25) is 9.36 Å². The molecule has 1 amide bonds. The Morgan fingerprint density at radius 3 is 2.21 bits per heavy atom. The van der Waals surface area contributed by atoms with E-state index in [1.54, 1.807) is 0 Å². The Bertz CT molecular complexity index is 942. The average Bonchev–Trinajstić information content (AvgIpc) is 2.77. The number of hydrogen-bond acceptors (Lipinski definition) is 3. The number of hydrogen-bond donors (Lipinski definition) is 1. The highest BCUT2D eigenvalue weighted by Gasteiger charge is 2.37. The van der Waals surface area contributed by atoms with Crippen molar-refractivity contribution < 1.29 is 31.1 Å². The number of halogens is 6. The summed E-state index contributed by atoms with van der Waals surface area (Å²) < 4.78 is 79.7. The fourth-order valence-electron chi connectivity index (χ4n) is 3.09. The van der Waals surface area contributed by atoms with E-state index in [-0.39, 0.29) is 6.07 Å². The van der Waals surface area contributed by atoms with E-state index in [4.69, 9.17) is 0 Å². The lowest BCUT2D eigenvalue weighted by molar-refractivity contribution is -0.143. The van der Waals surface area contributed by atoms with Gasteiger partial charge in [0, 0.05) is 18.7 Å². The summed E-state index contributed by atoms with van der Waals surface area (Å²) in [5, 5.41) is 6.04. The first-order valence-electron chi connectivity index (χ1n) is 8.71. The maximum atomic E-state index is 12.9. The zero-order valence-corrected chi connectivity index (χ0v) is 14.9. The second kappa shape index (κ2) is 7.56. The molecule has 2 aromatic rings. The van der Waals surface area contributed by atoms with Crippen LogP contribution < -0.4 is 11.0 Å². The Kier molecular flexibility index (Phi) is 5.46. The van der Waals surface area contributed by atoms with E-state index in [2.05, 4.69) is 5.10 Å². The number of fused-ring (bicyclic) bond motifs is 1. The minimum atomic E-state index is -5.03. The molecule has 0 radical (unpaired) electrons. The van der Waals surface area contributed by atoms with Gasteiger partial charge in [-0.25, -0.2) is 9.48 Å². The lowest BCUT2D eigenvalue weighted by atomic mass is 10.1. The standard InChI is InChI=1S/C17H16F6N4O2/c18-16(19,20)10-6-11(17(21,22)23)8-12(7-10)24-14(28)9-27-15(29)26-5-3-1-2-4-13(26)25-27/h6-8H,1-5,9H2,(H,24,28). The van der Waals surface area contributed by atoms with Crippen LogP contribution in [0.25, 0.3) is 0 Å². The second-order valence-corrected chi connectivity index (χ2v) is 6.66. The molecule has 29 heavy (non-hydrogen) atoms. The maximum absolute atomic E-state index is 12.9. The number of carbonyl (C=O) groups excluding carboxylic acids is 1. The van der Waals surface area contributed by atoms with Crippen LogP contribution in [0.4, 0.5) is 32.0 Å². The predicted molar refractivity (Wildman–Crippen MR) is 89.1 cm³/mol. The fraction of sp³-hybridized carbons (Fsp3) is 0.471. The molecule has 12 heteroatoms. The molecule has 0 atom stereocenters. The molecule has 0 saturated carbocycles. The first-order chi connectivity index (χ1) is 13.4. The van der Waals surface area contributed by atoms with E-state index < -0.39 is 47.3 Å². The van der Waals surface area contributed by atoms with Gasteiger partial charge in [-0.2, -0.15) is 31.4 Å². The molecule has 0 bridgehead atoms. The highest BCUT2D eigenvalue weighted by molar-refractivity contribution is 5.90. The number of amides is 1. The van der Waals surface area contributed by atoms with Gasteiger partial charge in [0.15, 0.2) is 0 Å². The SMILES string of the molecule is O=C(Cn1nc2n(c1=O)CCCCC2)Nc1cc(C(F)(F)F)cc(C(F)(F)F)c1. The first-order valence-corrected chi connectivity index (χ1v) is 8.71. The summed E-state index contributed by atoms with van der Waals surface area (Å²) in [6.07, 6.45) is -6.98. The lowest BCUT2D eigenvalue weighted by Gasteiger charge is -2.14. The highest BCUT2D eigenvalue weighted by atomic mass is 19.4. The number of nitrogens with zero attached hydrogens (tertiary/aromatic N) is 3. The van der Waals surface area contributed by atoms with Crippen LogP contribution in [-0.2, 0) is 36.7 Å². The number of rotatable bonds is 3. The zero-order valence-electron chi connectivity index (χ0n) is 14.9. The van der Waals surface area contributed by atoms with Crippen molar-refractivity contribution in [1.82, 2.24) is 14.3 Å². The van der Waals surface area contributed by atoms with Crippen LogP contribution in [0, 0.1) is 0 Å². The summed E-state index contributed by atoms with van der Waals surface area (Å²) in [5.41, 5.74) is -4.31. The van der Waals surface area contributed by atoms with Gasteiger partial charge < -0.3 is 5.32 Å². The smallest absolute Gasteiger partial charge is 0.324 e. The maximum Gasteiger partial charge on any atom is 0.416 e. The molecule has 0 fully saturated rings. The molecular formula is C17H16F6N4O2. The van der Waals surface area contributed by atoms with Crippen molar-refractivity contribution in [2.45, 2.75) is 51.1 Å². The topological polar surface area (TPSA) is 68.9 Å². The van der Waals surface area contributed by atoms with Gasteiger partial charge in [0.05, 0.1) is 11.1 Å². The van der Waals surface area contributed by atoms with Crippen molar-refractivity contribution in [3.8, 4) is 0 Å². The van der Waals surface area contributed by atoms with Crippen LogP contribution in [0.1, 0.15) is 36.2 Å². The molecule has 1 aromatic heterocycles. The zero-order chi connectivity index (χ0) is 21.4. The van der Waals surface area contributed by atoms with E-state index in [0.29, 0.717) is 30.9 Å². The number of nitrogens with one attached hydrogen (secondary N) is 1. The number of benzene rings is 1. The Balaban J connectivity index is 1.83. The Morgan fingerprint density at radius 1 is 1.00 bits per heavy atom. The summed E-state index contributed by atoms with van der Waals surface area (Å²) in [6.45, 7) is -0.186. The van der Waals surface area contributed by atoms with Gasteiger partial charge in [0.2, 0.25) is 5.91 Å². The summed E-state index contributed by atoms with van der Waals surface area (Å²) in [7, 11) is 0.